The molecule has 0 aliphatic heterocycles. The molecule has 0 amide bonds. The van der Waals surface area contributed by atoms with Crippen LogP contribution in [0.5, 0.6) is 34.5 Å². The molecule has 8 bridgehead atoms. The fourth-order valence-electron chi connectivity index (χ4n) is 18.8. The molecule has 12 nitrogen and oxygen atoms in total. The van der Waals surface area contributed by atoms with E-state index in [0.29, 0.717) is 64.7 Å². The van der Waals surface area contributed by atoms with Gasteiger partial charge in [-0.1, -0.05) is 118 Å². The second kappa shape index (κ2) is 58.0. The van der Waals surface area contributed by atoms with Crippen LogP contribution in [0.4, 0.5) is 0 Å². The van der Waals surface area contributed by atoms with Crippen molar-refractivity contribution in [2.24, 2.45) is 95.1 Å². The van der Waals surface area contributed by atoms with Crippen molar-refractivity contribution in [2.75, 3.05) is 0 Å². The Labute approximate surface area is 820 Å². The Bertz CT molecular complexity index is 4100. The summed E-state index contributed by atoms with van der Waals surface area (Å²) in [5.74, 6) is 12.1. The van der Waals surface area contributed by atoms with Crippen LogP contribution in [-0.2, 0) is 125 Å². The van der Waals surface area contributed by atoms with Crippen LogP contribution in [0.1, 0.15) is 221 Å². The van der Waals surface area contributed by atoms with Crippen molar-refractivity contribution in [1.29, 1.82) is 0 Å². The molecule has 6 N–H and O–H groups in total. The van der Waals surface area contributed by atoms with E-state index in [2.05, 4.69) is 20.0 Å². The van der Waals surface area contributed by atoms with Crippen molar-refractivity contribution in [2.45, 2.75) is 231 Å². The number of halogens is 12. The van der Waals surface area contributed by atoms with Gasteiger partial charge in [0.15, 0.2) is 0 Å². The third kappa shape index (κ3) is 33.9. The maximum absolute atomic E-state index is 10.0. The van der Waals surface area contributed by atoms with Crippen LogP contribution in [0.25, 0.3) is 0 Å². The van der Waals surface area contributed by atoms with Crippen molar-refractivity contribution in [3.63, 3.8) is 0 Å². The van der Waals surface area contributed by atoms with Crippen molar-refractivity contribution >= 4 is 139 Å². The van der Waals surface area contributed by atoms with Gasteiger partial charge in [-0.2, -0.15) is 0 Å². The number of aryl methyl sites for hydroxylation is 6. The van der Waals surface area contributed by atoms with E-state index in [1.54, 1.807) is 0 Å². The second-order valence-corrected chi connectivity index (χ2v) is 55.6. The molecule has 9 unspecified atom stereocenters. The third-order valence-corrected chi connectivity index (χ3v) is 25.9. The summed E-state index contributed by atoms with van der Waals surface area (Å²) in [5, 5.41) is 59.3. The number of fused-ring (bicyclic) bond motifs is 4. The maximum atomic E-state index is 10.0. The molecule has 22 rings (SSSR count). The van der Waals surface area contributed by atoms with Gasteiger partial charge in [0.25, 0.3) is 0 Å². The summed E-state index contributed by atoms with van der Waals surface area (Å²) in [5.41, 5.74) is 10.9. The van der Waals surface area contributed by atoms with Gasteiger partial charge in [0.2, 0.25) is 0 Å². The topological polar surface area (TPSA) is 196 Å². The number of phenols is 6. The summed E-state index contributed by atoms with van der Waals surface area (Å²) in [6.07, 6.45) is 43.4. The van der Waals surface area contributed by atoms with Crippen LogP contribution in [0.3, 0.4) is 0 Å². The average molecular weight is 2330 g/mol. The summed E-state index contributed by atoms with van der Waals surface area (Å²) in [7, 11) is 59.2. The number of benzene rings is 6. The first-order valence-corrected chi connectivity index (χ1v) is 79.1. The van der Waals surface area contributed by atoms with Gasteiger partial charge in [0.1, 0.15) is 34.5 Å². The first-order valence-electron chi connectivity index (χ1n) is 41.1. The Kier molecular flexibility index (Phi) is 52.1. The molecule has 0 radical (unpaired) electrons. The summed E-state index contributed by atoms with van der Waals surface area (Å²) in [4.78, 5) is 27.9. The standard InChI is InChI=1S/C18H25NO.C17H23NO.2C14H17NO.2C13H15NO.12ClH.6Zr/c1-13-5-4-8-16(18(13)20)12-19-17-10-9-14-6-2-3-7-15(14)11-17;1-12-4-2-7-15(17(12)19)11-18-16-9-8-13-5-3-6-14(13)10-16;1-9-3-2-4-11(14(9)16)8-15-13-7-10-5-12(13)6-10;1-9-3-2-4-12(14(9)16)8-15-13-10-5-6-11(13)7-10;1-9-3-2-4-11(12(9)15)8-14-13-5-10(6-13)7-13;1-8-3-2-4-9(13(8)15)7-14-12-10-5-11(12)6-10;;;;;;;;;;;;;;;;;;/h4-5,8,12,14-15,17,20H,2-3,6-7,9-11H2,1H3;2,4,7,11,13-14,16,19H,3,5-6,8-10H2,1H3;2-4,8,10,12-13,16H,5-7H2,1H3;2-4,8,10-11,13,16H,5-7H2,1H3;2-4,8,10,15H,5-7H2,1H3;2-4,7,10-12,15H,5-6H2,1H3;12*1H;;;;;;/q;;;;;;;;;;;;;;;;;;6*+2/p-12. The first-order chi connectivity index (χ1) is 57.4. The Hall–Kier alpha value is 0.919. The normalized spacial score (nSPS) is 27.5. The van der Waals surface area contributed by atoms with Gasteiger partial charge >= 0.3 is 227 Å². The predicted molar refractivity (Wildman–Crippen MR) is 484 cm³/mol. The third-order valence-electron chi connectivity index (χ3n) is 25.9. The fourth-order valence-corrected chi connectivity index (χ4v) is 18.8. The van der Waals surface area contributed by atoms with Crippen LogP contribution in [-0.4, -0.2) is 104 Å². The number of aliphatic imine (C=N–C) groups is 6. The quantitative estimate of drug-likeness (QED) is 0.0660. The van der Waals surface area contributed by atoms with Crippen molar-refractivity contribution < 1.29 is 156 Å². The molecule has 0 aromatic heterocycles. The number of phenolic OH excluding ortho intramolecular Hbond substituents is 6. The van der Waals surface area contributed by atoms with E-state index in [1.165, 1.54) is 154 Å². The van der Waals surface area contributed by atoms with Gasteiger partial charge in [0, 0.05) is 70.7 Å². The molecule has 0 heterocycles. The Balaban J connectivity index is 0.000000189. The van der Waals surface area contributed by atoms with Crippen molar-refractivity contribution in [3.8, 4) is 34.5 Å². The monoisotopic (exact) mass is 2320 g/mol. The number of nitrogens with zero attached hydrogens (tertiary/aromatic N) is 6. The van der Waals surface area contributed by atoms with E-state index < -0.39 is 125 Å². The number of para-hydroxylation sites is 6. The minimum absolute atomic E-state index is 0.265. The van der Waals surface area contributed by atoms with E-state index in [4.69, 9.17) is 112 Å². The number of rotatable bonds is 12. The Morgan fingerprint density at radius 3 is 0.849 bits per heavy atom. The molecule has 16 fully saturated rings. The molecule has 6 aromatic carbocycles. The van der Waals surface area contributed by atoms with Crippen LogP contribution in [0.2, 0.25) is 0 Å². The number of aromatic hydroxyl groups is 6. The van der Waals surface area contributed by atoms with E-state index in [1.807, 2.05) is 188 Å². The van der Waals surface area contributed by atoms with E-state index >= 15 is 0 Å². The van der Waals surface area contributed by atoms with Crippen LogP contribution in [0, 0.1) is 107 Å². The van der Waals surface area contributed by atoms with Gasteiger partial charge in [-0.05, 0) is 286 Å². The molecule has 0 spiro atoms. The molecule has 16 aliphatic rings. The zero-order valence-electron chi connectivity index (χ0n) is 68.5. The molecule has 16 aliphatic carbocycles. The number of hydrogen-bond donors (Lipinski definition) is 6. The molecule has 119 heavy (non-hydrogen) atoms. The first kappa shape index (κ1) is 107. The van der Waals surface area contributed by atoms with Crippen molar-refractivity contribution in [3.05, 3.63) is 176 Å². The molecule has 6 aromatic rings. The second-order valence-electron chi connectivity index (χ2n) is 33.3. The Morgan fingerprint density at radius 1 is 0.277 bits per heavy atom. The van der Waals surface area contributed by atoms with Gasteiger partial charge in [-0.15, -0.1) is 0 Å². The average Bonchev–Trinajstić information content (AvgIpc) is 1.39. The van der Waals surface area contributed by atoms with E-state index in [0.717, 1.165) is 132 Å². The number of hydrogen-bond acceptors (Lipinski definition) is 12. The van der Waals surface area contributed by atoms with Crippen LogP contribution in [0.15, 0.2) is 139 Å². The summed E-state index contributed by atoms with van der Waals surface area (Å²) < 4.78 is 0. The van der Waals surface area contributed by atoms with Crippen molar-refractivity contribution in [1.82, 2.24) is 0 Å². The zero-order chi connectivity index (χ0) is 86.6. The summed E-state index contributed by atoms with van der Waals surface area (Å²) in [6.45, 7) is 11.5. The molecular weight excluding hydrogens is 2220 g/mol. The zero-order valence-corrected chi connectivity index (χ0v) is 92.3. The fraction of sp³-hybridized carbons (Fsp3) is 0.528. The van der Waals surface area contributed by atoms with Gasteiger partial charge in [-0.3, -0.25) is 30.0 Å². The van der Waals surface area contributed by atoms with E-state index in [9.17, 15) is 30.6 Å². The Morgan fingerprint density at radius 2 is 0.555 bits per heavy atom. The van der Waals surface area contributed by atoms with Crippen LogP contribution < -0.4 is 0 Å². The SMILES string of the molecule is Cc1cccc(C=NC23CC(C2)C3)c1O.Cc1cccc(C=NC2C3CC2C3)c1O.Cc1cccc(C=NC2C3CCC2C3)c1O.Cc1cccc(C=NC2CC3CC2C3)c1O.Cc1cccc(C=NC2CCC3CCCC3C2)c1O.Cc1cccc(C=NC2CCC3CCCCC3C2)c1O.[Cl][Zr][Cl].[Cl][Zr][Cl].[Cl][Zr][Cl].[Cl][Zr][Cl].[Cl][Zr][Cl].[Cl][Zr][Cl]. The molecule has 9 atom stereocenters. The predicted octanol–water partition coefficient (Wildman–Crippen LogP) is 27.9. The summed E-state index contributed by atoms with van der Waals surface area (Å²) >= 11 is -4.95. The minimum atomic E-state index is -0.826. The molecule has 642 valence electrons. The van der Waals surface area contributed by atoms with Gasteiger partial charge in [0.05, 0.1) is 35.7 Å². The van der Waals surface area contributed by atoms with Gasteiger partial charge < -0.3 is 30.6 Å². The van der Waals surface area contributed by atoms with E-state index in [-0.39, 0.29) is 5.54 Å². The van der Waals surface area contributed by atoms with Gasteiger partial charge in [-0.25, -0.2) is 0 Å². The van der Waals surface area contributed by atoms with Crippen LogP contribution >= 0.6 is 102 Å². The molecule has 16 saturated carbocycles. The molecular formula is C89H112Cl12N6O6Zr6. The molecule has 0 saturated heterocycles. The molecule has 30 heteroatoms. The summed E-state index contributed by atoms with van der Waals surface area (Å²) in [6, 6.07) is 37.4.